The quantitative estimate of drug-likeness (QED) is 0.730. The molecule has 3 nitrogen and oxygen atoms in total. The van der Waals surface area contributed by atoms with E-state index >= 15 is 0 Å². The van der Waals surface area contributed by atoms with Crippen LogP contribution in [-0.2, 0) is 15.8 Å². The number of sulfonamides is 1. The first-order valence-electron chi connectivity index (χ1n) is 8.91. The van der Waals surface area contributed by atoms with Crippen molar-refractivity contribution in [1.82, 2.24) is 0 Å². The van der Waals surface area contributed by atoms with Gasteiger partial charge < -0.3 is 0 Å². The summed E-state index contributed by atoms with van der Waals surface area (Å²) in [5.74, 6) is -0.115. The summed E-state index contributed by atoms with van der Waals surface area (Å²) in [5, 5.41) is 5.16. The maximum atomic E-state index is 11.3. The van der Waals surface area contributed by atoms with E-state index in [0.717, 1.165) is 22.9 Å². The van der Waals surface area contributed by atoms with Gasteiger partial charge in [-0.2, -0.15) is 0 Å². The van der Waals surface area contributed by atoms with Crippen molar-refractivity contribution >= 4 is 37.1 Å². The zero-order valence-electron chi connectivity index (χ0n) is 14.5. The van der Waals surface area contributed by atoms with Crippen molar-refractivity contribution in [2.45, 2.75) is 37.9 Å². The summed E-state index contributed by atoms with van der Waals surface area (Å²) in [6.45, 7) is 0. The van der Waals surface area contributed by atoms with E-state index in [4.69, 9.17) is 5.14 Å². The van der Waals surface area contributed by atoms with Crippen molar-refractivity contribution in [3.63, 3.8) is 0 Å². The van der Waals surface area contributed by atoms with Crippen LogP contribution in [0.3, 0.4) is 0 Å². The molecule has 2 N–H and O–H groups in total. The summed E-state index contributed by atoms with van der Waals surface area (Å²) >= 11 is 3.52. The van der Waals surface area contributed by atoms with Gasteiger partial charge in [-0.1, -0.05) is 58.7 Å². The lowest BCUT2D eigenvalue weighted by atomic mass is 9.66. The summed E-state index contributed by atoms with van der Waals surface area (Å²) in [4.78, 5) is 0. The Morgan fingerprint density at radius 3 is 1.81 bits per heavy atom. The minimum absolute atomic E-state index is 0.115. The van der Waals surface area contributed by atoms with Gasteiger partial charge >= 0.3 is 0 Å². The first kappa shape index (κ1) is 18.0. The Labute approximate surface area is 163 Å². The zero-order valence-corrected chi connectivity index (χ0v) is 16.9. The maximum absolute atomic E-state index is 11.3. The molecule has 0 saturated heterocycles. The number of primary sulfonamides is 1. The second kappa shape index (κ2) is 6.63. The van der Waals surface area contributed by atoms with Gasteiger partial charge in [-0.15, -0.1) is 0 Å². The van der Waals surface area contributed by atoms with Gasteiger partial charge in [0.1, 0.15) is 0 Å². The summed E-state index contributed by atoms with van der Waals surface area (Å²) in [6, 6.07) is 16.4. The molecule has 2 aliphatic rings. The molecule has 0 bridgehead atoms. The van der Waals surface area contributed by atoms with Crippen LogP contribution in [0.5, 0.6) is 0 Å². The van der Waals surface area contributed by atoms with Crippen molar-refractivity contribution < 1.29 is 8.42 Å². The van der Waals surface area contributed by atoms with Crippen LogP contribution in [0.2, 0.25) is 0 Å². The van der Waals surface area contributed by atoms with E-state index in [9.17, 15) is 8.42 Å². The smallest absolute Gasteiger partial charge is 0.213 e. The SMILES string of the molecule is NS(=O)(=O)Cc1ccc(C2=C(c3ccc(Br)cc3)CC3(CCC3)C2)cc1. The molecular weight excluding hydrogens is 410 g/mol. The number of halogens is 1. The van der Waals surface area contributed by atoms with E-state index in [1.807, 2.05) is 24.3 Å². The average molecular weight is 432 g/mol. The minimum atomic E-state index is -3.50. The molecule has 0 heterocycles. The van der Waals surface area contributed by atoms with Gasteiger partial charge in [0, 0.05) is 4.47 Å². The first-order chi connectivity index (χ1) is 12.3. The van der Waals surface area contributed by atoms with Crippen LogP contribution in [-0.4, -0.2) is 8.42 Å². The Hall–Kier alpha value is -1.43. The van der Waals surface area contributed by atoms with Crippen LogP contribution in [0.4, 0.5) is 0 Å². The molecule has 2 aromatic rings. The Kier molecular flexibility index (Phi) is 4.58. The lowest BCUT2D eigenvalue weighted by Crippen LogP contribution is -2.26. The highest BCUT2D eigenvalue weighted by molar-refractivity contribution is 9.10. The Morgan fingerprint density at radius 1 is 0.885 bits per heavy atom. The Bertz CT molecular complexity index is 956. The molecule has 0 aliphatic heterocycles. The van der Waals surface area contributed by atoms with Crippen molar-refractivity contribution in [3.05, 3.63) is 69.7 Å². The number of allylic oxidation sites excluding steroid dienone is 2. The predicted molar refractivity (Wildman–Crippen MR) is 110 cm³/mol. The fraction of sp³-hybridized carbons (Fsp3) is 0.333. The van der Waals surface area contributed by atoms with Crippen LogP contribution < -0.4 is 5.14 Å². The largest absolute Gasteiger partial charge is 0.228 e. The monoisotopic (exact) mass is 431 g/mol. The summed E-state index contributed by atoms with van der Waals surface area (Å²) in [6.07, 6.45) is 6.20. The summed E-state index contributed by atoms with van der Waals surface area (Å²) in [5.41, 5.74) is 6.52. The van der Waals surface area contributed by atoms with Gasteiger partial charge in [0.2, 0.25) is 10.0 Å². The number of rotatable bonds is 4. The molecule has 2 aliphatic carbocycles. The van der Waals surface area contributed by atoms with E-state index in [-0.39, 0.29) is 5.75 Å². The molecule has 136 valence electrons. The predicted octanol–water partition coefficient (Wildman–Crippen LogP) is 5.11. The summed E-state index contributed by atoms with van der Waals surface area (Å²) < 4.78 is 23.7. The molecule has 0 aromatic heterocycles. The molecule has 26 heavy (non-hydrogen) atoms. The molecule has 4 rings (SSSR count). The third-order valence-electron chi connectivity index (χ3n) is 5.74. The molecule has 1 spiro atoms. The highest BCUT2D eigenvalue weighted by Crippen LogP contribution is 2.59. The van der Waals surface area contributed by atoms with Crippen molar-refractivity contribution in [2.24, 2.45) is 10.6 Å². The van der Waals surface area contributed by atoms with Gasteiger partial charge in [0.05, 0.1) is 5.75 Å². The second-order valence-electron chi connectivity index (χ2n) is 7.68. The normalized spacial score (nSPS) is 19.0. The van der Waals surface area contributed by atoms with Gasteiger partial charge in [-0.3, -0.25) is 0 Å². The lowest BCUT2D eigenvalue weighted by molar-refractivity contribution is 0.157. The van der Waals surface area contributed by atoms with Gasteiger partial charge in [-0.05, 0) is 71.1 Å². The third-order valence-corrected chi connectivity index (χ3v) is 7.01. The van der Waals surface area contributed by atoms with Gasteiger partial charge in [-0.25, -0.2) is 13.6 Å². The molecule has 0 atom stereocenters. The molecule has 0 amide bonds. The second-order valence-corrected chi connectivity index (χ2v) is 10.2. The van der Waals surface area contributed by atoms with E-state index in [2.05, 4.69) is 40.2 Å². The van der Waals surface area contributed by atoms with E-state index in [1.165, 1.54) is 41.5 Å². The Balaban J connectivity index is 1.70. The van der Waals surface area contributed by atoms with E-state index in [1.54, 1.807) is 0 Å². The lowest BCUT2D eigenvalue weighted by Gasteiger charge is -2.39. The first-order valence-corrected chi connectivity index (χ1v) is 11.4. The van der Waals surface area contributed by atoms with Crippen molar-refractivity contribution in [2.75, 3.05) is 0 Å². The molecule has 0 unspecified atom stereocenters. The topological polar surface area (TPSA) is 60.2 Å². The van der Waals surface area contributed by atoms with Crippen LogP contribution in [0.1, 0.15) is 48.8 Å². The van der Waals surface area contributed by atoms with E-state index < -0.39 is 10.0 Å². The highest BCUT2D eigenvalue weighted by atomic mass is 79.9. The number of benzene rings is 2. The Morgan fingerprint density at radius 2 is 1.38 bits per heavy atom. The molecule has 5 heteroatoms. The van der Waals surface area contributed by atoms with Crippen LogP contribution in [0.15, 0.2) is 53.0 Å². The number of hydrogen-bond donors (Lipinski definition) is 1. The van der Waals surface area contributed by atoms with Crippen molar-refractivity contribution in [3.8, 4) is 0 Å². The molecule has 1 fully saturated rings. The zero-order chi connectivity index (χ0) is 18.4. The number of nitrogens with two attached hydrogens (primary N) is 1. The van der Waals surface area contributed by atoms with Crippen LogP contribution in [0, 0.1) is 5.41 Å². The minimum Gasteiger partial charge on any atom is -0.228 e. The molecule has 2 aromatic carbocycles. The van der Waals surface area contributed by atoms with Crippen LogP contribution >= 0.6 is 15.9 Å². The van der Waals surface area contributed by atoms with Crippen molar-refractivity contribution in [1.29, 1.82) is 0 Å². The molecule has 0 radical (unpaired) electrons. The van der Waals surface area contributed by atoms with Gasteiger partial charge in [0.15, 0.2) is 0 Å². The van der Waals surface area contributed by atoms with Crippen LogP contribution in [0.25, 0.3) is 11.1 Å². The van der Waals surface area contributed by atoms with E-state index in [0.29, 0.717) is 5.41 Å². The average Bonchev–Trinajstić information content (AvgIpc) is 2.96. The van der Waals surface area contributed by atoms with Gasteiger partial charge in [0.25, 0.3) is 0 Å². The maximum Gasteiger partial charge on any atom is 0.213 e. The fourth-order valence-electron chi connectivity index (χ4n) is 4.29. The molecule has 1 saturated carbocycles. The number of hydrogen-bond acceptors (Lipinski definition) is 2. The molecular formula is C21H22BrNO2S. The summed E-state index contributed by atoms with van der Waals surface area (Å²) in [7, 11) is -3.50. The standard InChI is InChI=1S/C21H22BrNO2S/c22-18-8-6-17(7-9-18)20-13-21(10-1-11-21)12-19(20)16-4-2-15(3-5-16)14-26(23,24)25/h2-9H,1,10-14H2,(H2,23,24,25). The third kappa shape index (κ3) is 3.66. The fourth-order valence-corrected chi connectivity index (χ4v) is 5.22. The highest BCUT2D eigenvalue weighted by Gasteiger charge is 2.43.